The van der Waals surface area contributed by atoms with Crippen molar-refractivity contribution in [2.75, 3.05) is 49.8 Å². The van der Waals surface area contributed by atoms with Crippen molar-refractivity contribution < 1.29 is 9.53 Å². The minimum Gasteiger partial charge on any atom is -0.378 e. The van der Waals surface area contributed by atoms with Crippen molar-refractivity contribution in [2.24, 2.45) is 0 Å². The summed E-state index contributed by atoms with van der Waals surface area (Å²) < 4.78 is 5.54. The van der Waals surface area contributed by atoms with Gasteiger partial charge in [0.05, 0.1) is 23.8 Å². The second kappa shape index (κ2) is 9.76. The third kappa shape index (κ3) is 4.78. The second-order valence-electron chi connectivity index (χ2n) is 6.87. The molecule has 8 nitrogen and oxygen atoms in total. The van der Waals surface area contributed by atoms with Crippen molar-refractivity contribution in [3.63, 3.8) is 0 Å². The molecule has 1 aliphatic heterocycles. The van der Waals surface area contributed by atoms with Crippen molar-refractivity contribution in [1.82, 2.24) is 20.3 Å². The Morgan fingerprint density at radius 2 is 1.74 bits per heavy atom. The molecule has 4 rings (SSSR count). The first-order valence-corrected chi connectivity index (χ1v) is 11.2. The predicted molar refractivity (Wildman–Crippen MR) is 124 cm³/mol. The Labute approximate surface area is 185 Å². The number of nitrogens with zero attached hydrogens (tertiary/aromatic N) is 4. The summed E-state index contributed by atoms with van der Waals surface area (Å²) in [6.07, 6.45) is 5.59. The quantitative estimate of drug-likeness (QED) is 0.591. The number of carbonyl (C=O) groups excluding carboxylic acids is 1. The van der Waals surface area contributed by atoms with Gasteiger partial charge in [-0.2, -0.15) is 0 Å². The largest absolute Gasteiger partial charge is 0.378 e. The zero-order valence-corrected chi connectivity index (χ0v) is 18.3. The Morgan fingerprint density at radius 1 is 1.03 bits per heavy atom. The van der Waals surface area contributed by atoms with Crippen molar-refractivity contribution in [1.29, 1.82) is 0 Å². The number of nitrogens with one attached hydrogen (secondary N) is 2. The Hall–Kier alpha value is -3.17. The number of urea groups is 1. The van der Waals surface area contributed by atoms with Crippen molar-refractivity contribution in [3.05, 3.63) is 48.8 Å². The summed E-state index contributed by atoms with van der Waals surface area (Å²) in [5, 5.41) is 5.31. The van der Waals surface area contributed by atoms with Crippen molar-refractivity contribution in [2.45, 2.75) is 4.90 Å². The molecule has 1 aromatic carbocycles. The van der Waals surface area contributed by atoms with Gasteiger partial charge >= 0.3 is 6.03 Å². The molecule has 0 bridgehead atoms. The number of carbonyl (C=O) groups is 1. The lowest BCUT2D eigenvalue weighted by atomic mass is 10.1. The fraction of sp³-hybridized carbons (Fsp3) is 0.273. The first kappa shape index (κ1) is 21.1. The molecule has 1 saturated heterocycles. The highest BCUT2D eigenvalue weighted by Crippen LogP contribution is 2.37. The van der Waals surface area contributed by atoms with Gasteiger partial charge in [-0.15, -0.1) is 11.8 Å². The molecular weight excluding hydrogens is 412 g/mol. The van der Waals surface area contributed by atoms with Crippen LogP contribution in [0.5, 0.6) is 0 Å². The molecule has 1 fully saturated rings. The monoisotopic (exact) mass is 436 g/mol. The standard InChI is InChI=1S/C22H24N6O2S/c1-23-22(29)25-17-5-3-16(4-6-17)20-26-18(15-7-9-24-10-8-15)19(31-2)21(27-20)28-11-13-30-14-12-28/h3-10H,11-14H2,1-2H3,(H2,23,25,29). The second-order valence-corrected chi connectivity index (χ2v) is 7.69. The first-order valence-electron chi connectivity index (χ1n) is 9.98. The maximum Gasteiger partial charge on any atom is 0.318 e. The van der Waals surface area contributed by atoms with Crippen LogP contribution < -0.4 is 15.5 Å². The van der Waals surface area contributed by atoms with Crippen LogP contribution in [0, 0.1) is 0 Å². The van der Waals surface area contributed by atoms with Crippen LogP contribution in [0.25, 0.3) is 22.6 Å². The fourth-order valence-electron chi connectivity index (χ4n) is 3.35. The number of aromatic nitrogens is 3. The van der Waals surface area contributed by atoms with Gasteiger partial charge in [-0.25, -0.2) is 14.8 Å². The number of ether oxygens (including phenoxy) is 1. The third-order valence-electron chi connectivity index (χ3n) is 4.94. The van der Waals surface area contributed by atoms with E-state index in [4.69, 9.17) is 14.7 Å². The van der Waals surface area contributed by atoms with Crippen LogP contribution in [-0.4, -0.2) is 60.6 Å². The number of pyridine rings is 1. The van der Waals surface area contributed by atoms with Crippen LogP contribution in [0.2, 0.25) is 0 Å². The molecule has 0 spiro atoms. The molecule has 3 aromatic rings. The highest BCUT2D eigenvalue weighted by molar-refractivity contribution is 7.98. The summed E-state index contributed by atoms with van der Waals surface area (Å²) in [4.78, 5) is 28.9. The van der Waals surface area contributed by atoms with E-state index in [0.717, 1.165) is 40.6 Å². The number of hydrogen-bond donors (Lipinski definition) is 2. The SMILES string of the molecule is CNC(=O)Nc1ccc(-c2nc(-c3ccncc3)c(SC)c(N3CCOCC3)n2)cc1. The lowest BCUT2D eigenvalue weighted by Crippen LogP contribution is -2.37. The van der Waals surface area contributed by atoms with E-state index >= 15 is 0 Å². The van der Waals surface area contributed by atoms with Gasteiger partial charge in [0, 0.05) is 49.3 Å². The van der Waals surface area contributed by atoms with E-state index in [1.54, 1.807) is 31.2 Å². The number of benzene rings is 1. The summed E-state index contributed by atoms with van der Waals surface area (Å²) >= 11 is 1.64. The lowest BCUT2D eigenvalue weighted by Gasteiger charge is -2.30. The average Bonchev–Trinajstić information content (AvgIpc) is 2.84. The van der Waals surface area contributed by atoms with Crippen LogP contribution in [0.1, 0.15) is 0 Å². The van der Waals surface area contributed by atoms with E-state index < -0.39 is 0 Å². The average molecular weight is 437 g/mol. The number of amides is 2. The molecule has 0 unspecified atom stereocenters. The van der Waals surface area contributed by atoms with Crippen LogP contribution >= 0.6 is 11.8 Å². The predicted octanol–water partition coefficient (Wildman–Crippen LogP) is 3.52. The number of morpholine rings is 1. The molecule has 0 saturated carbocycles. The molecule has 0 aliphatic carbocycles. The van der Waals surface area contributed by atoms with Crippen molar-refractivity contribution >= 4 is 29.3 Å². The lowest BCUT2D eigenvalue weighted by molar-refractivity contribution is 0.122. The summed E-state index contributed by atoms with van der Waals surface area (Å²) in [6, 6.07) is 11.2. The highest BCUT2D eigenvalue weighted by atomic mass is 32.2. The van der Waals surface area contributed by atoms with Gasteiger partial charge in [0.1, 0.15) is 5.82 Å². The molecule has 9 heteroatoms. The molecular formula is C22H24N6O2S. The molecule has 3 heterocycles. The van der Waals surface area contributed by atoms with Crippen LogP contribution in [0.4, 0.5) is 16.3 Å². The molecule has 2 N–H and O–H groups in total. The van der Waals surface area contributed by atoms with E-state index in [0.29, 0.717) is 24.7 Å². The Kier molecular flexibility index (Phi) is 6.63. The molecule has 0 atom stereocenters. The van der Waals surface area contributed by atoms with E-state index in [9.17, 15) is 4.79 Å². The Bertz CT molecular complexity index is 1040. The van der Waals surface area contributed by atoms with Gasteiger partial charge in [-0.05, 0) is 42.7 Å². The zero-order valence-electron chi connectivity index (χ0n) is 17.5. The van der Waals surface area contributed by atoms with Crippen LogP contribution in [0.3, 0.4) is 0 Å². The van der Waals surface area contributed by atoms with Gasteiger partial charge in [-0.3, -0.25) is 4.98 Å². The minimum absolute atomic E-state index is 0.261. The summed E-state index contributed by atoms with van der Waals surface area (Å²) in [5.41, 5.74) is 3.45. The van der Waals surface area contributed by atoms with E-state index in [-0.39, 0.29) is 6.03 Å². The van der Waals surface area contributed by atoms with Gasteiger partial charge in [0.25, 0.3) is 0 Å². The number of hydrogen-bond acceptors (Lipinski definition) is 7. The minimum atomic E-state index is -0.261. The van der Waals surface area contributed by atoms with Gasteiger partial charge in [0.2, 0.25) is 0 Å². The van der Waals surface area contributed by atoms with Crippen LogP contribution in [-0.2, 0) is 4.74 Å². The molecule has 160 valence electrons. The van der Waals surface area contributed by atoms with Gasteiger partial charge in [-0.1, -0.05) is 0 Å². The van der Waals surface area contributed by atoms with Gasteiger partial charge in [0.15, 0.2) is 5.82 Å². The fourth-order valence-corrected chi connectivity index (χ4v) is 4.06. The molecule has 1 aliphatic rings. The van der Waals surface area contributed by atoms with Gasteiger partial charge < -0.3 is 20.3 Å². The smallest absolute Gasteiger partial charge is 0.318 e. The molecule has 2 amide bonds. The maximum absolute atomic E-state index is 11.6. The Balaban J connectivity index is 1.79. The normalized spacial score (nSPS) is 13.7. The summed E-state index contributed by atoms with van der Waals surface area (Å²) in [6.45, 7) is 2.93. The molecule has 2 aromatic heterocycles. The summed E-state index contributed by atoms with van der Waals surface area (Å²) in [5.74, 6) is 1.55. The Morgan fingerprint density at radius 3 is 2.39 bits per heavy atom. The maximum atomic E-state index is 11.6. The molecule has 0 radical (unpaired) electrons. The number of anilines is 2. The van der Waals surface area contributed by atoms with E-state index in [1.807, 2.05) is 42.7 Å². The van der Waals surface area contributed by atoms with E-state index in [1.165, 1.54) is 0 Å². The highest BCUT2D eigenvalue weighted by Gasteiger charge is 2.22. The third-order valence-corrected chi connectivity index (χ3v) is 5.73. The molecule has 31 heavy (non-hydrogen) atoms. The van der Waals surface area contributed by atoms with Crippen LogP contribution in [0.15, 0.2) is 53.7 Å². The van der Waals surface area contributed by atoms with Crippen molar-refractivity contribution in [3.8, 4) is 22.6 Å². The first-order chi connectivity index (χ1) is 15.2. The zero-order chi connectivity index (χ0) is 21.6. The summed E-state index contributed by atoms with van der Waals surface area (Å²) in [7, 11) is 1.58. The number of thioether (sulfide) groups is 1. The number of rotatable bonds is 5. The van der Waals surface area contributed by atoms with E-state index in [2.05, 4.69) is 20.5 Å². The topological polar surface area (TPSA) is 92.3 Å².